The maximum atomic E-state index is 5.85. The molecule has 0 bridgehead atoms. The lowest BCUT2D eigenvalue weighted by atomic mass is 10.1. The van der Waals surface area contributed by atoms with E-state index in [1.54, 1.807) is 6.08 Å². The molecule has 1 aromatic carbocycles. The molecule has 1 aromatic rings. The summed E-state index contributed by atoms with van der Waals surface area (Å²) in [6.07, 6.45) is 4.87. The summed E-state index contributed by atoms with van der Waals surface area (Å²) in [6, 6.07) is 9.74. The molecular weight excluding hydrogens is 188 g/mol. The zero-order valence-corrected chi connectivity index (χ0v) is 8.82. The van der Waals surface area contributed by atoms with Gasteiger partial charge in [0.05, 0.1) is 6.61 Å². The second-order valence-corrected chi connectivity index (χ2v) is 3.74. The monoisotopic (exact) mass is 204 g/mol. The Bertz CT molecular complexity index is 313. The highest BCUT2D eigenvalue weighted by molar-refractivity contribution is 5.22. The number of rotatable bonds is 3. The Morgan fingerprint density at radius 2 is 2.07 bits per heavy atom. The van der Waals surface area contributed by atoms with Crippen LogP contribution in [0.3, 0.4) is 0 Å². The van der Waals surface area contributed by atoms with E-state index in [-0.39, 0.29) is 0 Å². The Morgan fingerprint density at radius 1 is 1.27 bits per heavy atom. The van der Waals surface area contributed by atoms with Crippen molar-refractivity contribution in [2.45, 2.75) is 25.0 Å². The van der Waals surface area contributed by atoms with Gasteiger partial charge in [-0.05, 0) is 31.1 Å². The van der Waals surface area contributed by atoms with Gasteiger partial charge >= 0.3 is 0 Å². The lowest BCUT2D eigenvalue weighted by Gasteiger charge is -2.34. The van der Waals surface area contributed by atoms with E-state index in [2.05, 4.69) is 6.58 Å². The fraction of sp³-hybridized carbons (Fsp3) is 0.385. The van der Waals surface area contributed by atoms with E-state index in [4.69, 9.17) is 9.47 Å². The van der Waals surface area contributed by atoms with E-state index in [9.17, 15) is 0 Å². The maximum Gasteiger partial charge on any atom is 0.230 e. The fourth-order valence-electron chi connectivity index (χ4n) is 1.76. The normalized spacial score (nSPS) is 25.9. The van der Waals surface area contributed by atoms with Crippen LogP contribution in [0.5, 0.6) is 5.75 Å². The number of ether oxygens (including phenoxy) is 2. The first kappa shape index (κ1) is 10.2. The molecule has 1 fully saturated rings. The number of hydrogen-bond acceptors (Lipinski definition) is 2. The van der Waals surface area contributed by atoms with Gasteiger partial charge in [0, 0.05) is 6.42 Å². The standard InChI is InChI=1S/C13H16O2/c1-2-13(10-6-7-11-14-13)15-12-8-4-3-5-9-12/h2-5,8-9H,1,6-7,10-11H2. The Morgan fingerprint density at radius 3 is 2.67 bits per heavy atom. The summed E-state index contributed by atoms with van der Waals surface area (Å²) in [6.45, 7) is 4.55. The van der Waals surface area contributed by atoms with Crippen LogP contribution in [0.1, 0.15) is 19.3 Å². The first-order valence-electron chi connectivity index (χ1n) is 5.36. The molecule has 80 valence electrons. The van der Waals surface area contributed by atoms with E-state index < -0.39 is 5.79 Å². The van der Waals surface area contributed by atoms with Crippen molar-refractivity contribution in [2.24, 2.45) is 0 Å². The van der Waals surface area contributed by atoms with Crippen LogP contribution in [0.4, 0.5) is 0 Å². The lowest BCUT2D eigenvalue weighted by Crippen LogP contribution is -2.39. The average Bonchev–Trinajstić information content (AvgIpc) is 2.32. The zero-order chi connectivity index (χ0) is 10.6. The molecule has 1 aliphatic rings. The Hall–Kier alpha value is -1.28. The summed E-state index contributed by atoms with van der Waals surface area (Å²) in [7, 11) is 0. The summed E-state index contributed by atoms with van der Waals surface area (Å²) >= 11 is 0. The van der Waals surface area contributed by atoms with Crippen LogP contribution < -0.4 is 4.74 Å². The molecule has 0 spiro atoms. The smallest absolute Gasteiger partial charge is 0.230 e. The van der Waals surface area contributed by atoms with Crippen molar-refractivity contribution in [3.8, 4) is 5.75 Å². The third-order valence-corrected chi connectivity index (χ3v) is 2.61. The van der Waals surface area contributed by atoms with Gasteiger partial charge in [0.15, 0.2) is 0 Å². The van der Waals surface area contributed by atoms with Crippen LogP contribution in [0.25, 0.3) is 0 Å². The van der Waals surface area contributed by atoms with Crippen molar-refractivity contribution in [3.05, 3.63) is 43.0 Å². The Kier molecular flexibility index (Phi) is 3.07. The lowest BCUT2D eigenvalue weighted by molar-refractivity contribution is -0.170. The van der Waals surface area contributed by atoms with E-state index in [1.165, 1.54) is 0 Å². The summed E-state index contributed by atoms with van der Waals surface area (Å²) in [5.41, 5.74) is 0. The minimum Gasteiger partial charge on any atom is -0.459 e. The molecular formula is C13H16O2. The van der Waals surface area contributed by atoms with Crippen LogP contribution >= 0.6 is 0 Å². The summed E-state index contributed by atoms with van der Waals surface area (Å²) in [5, 5.41) is 0. The third kappa shape index (κ3) is 2.39. The van der Waals surface area contributed by atoms with E-state index >= 15 is 0 Å². The molecule has 2 nitrogen and oxygen atoms in total. The number of para-hydroxylation sites is 1. The highest BCUT2D eigenvalue weighted by atomic mass is 16.7. The molecule has 1 saturated heterocycles. The number of benzene rings is 1. The topological polar surface area (TPSA) is 18.5 Å². The first-order chi connectivity index (χ1) is 7.35. The van der Waals surface area contributed by atoms with Crippen molar-refractivity contribution >= 4 is 0 Å². The van der Waals surface area contributed by atoms with Crippen molar-refractivity contribution in [2.75, 3.05) is 6.61 Å². The second-order valence-electron chi connectivity index (χ2n) is 3.74. The van der Waals surface area contributed by atoms with Crippen LogP contribution in [0.15, 0.2) is 43.0 Å². The van der Waals surface area contributed by atoms with Gasteiger partial charge in [-0.1, -0.05) is 24.8 Å². The van der Waals surface area contributed by atoms with E-state index in [0.29, 0.717) is 0 Å². The molecule has 0 saturated carbocycles. The maximum absolute atomic E-state index is 5.85. The molecule has 1 atom stereocenters. The number of hydrogen-bond donors (Lipinski definition) is 0. The van der Waals surface area contributed by atoms with Gasteiger partial charge in [0.1, 0.15) is 5.75 Å². The zero-order valence-electron chi connectivity index (χ0n) is 8.82. The van der Waals surface area contributed by atoms with Crippen molar-refractivity contribution < 1.29 is 9.47 Å². The molecule has 0 radical (unpaired) electrons. The van der Waals surface area contributed by atoms with Crippen molar-refractivity contribution in [1.29, 1.82) is 0 Å². The van der Waals surface area contributed by atoms with Gasteiger partial charge in [0.25, 0.3) is 0 Å². The van der Waals surface area contributed by atoms with E-state index in [0.717, 1.165) is 31.6 Å². The molecule has 1 aliphatic heterocycles. The highest BCUT2D eigenvalue weighted by Crippen LogP contribution is 2.29. The summed E-state index contributed by atoms with van der Waals surface area (Å²) < 4.78 is 11.5. The van der Waals surface area contributed by atoms with Gasteiger partial charge < -0.3 is 9.47 Å². The SMILES string of the molecule is C=CC1(Oc2ccccc2)CCCCO1. The molecule has 15 heavy (non-hydrogen) atoms. The molecule has 1 unspecified atom stereocenters. The van der Waals surface area contributed by atoms with Crippen LogP contribution in [-0.2, 0) is 4.74 Å². The predicted molar refractivity (Wildman–Crippen MR) is 59.8 cm³/mol. The average molecular weight is 204 g/mol. The molecule has 0 aromatic heterocycles. The largest absolute Gasteiger partial charge is 0.459 e. The van der Waals surface area contributed by atoms with Gasteiger partial charge in [-0.2, -0.15) is 0 Å². The minimum absolute atomic E-state index is 0.612. The van der Waals surface area contributed by atoms with Gasteiger partial charge in [-0.25, -0.2) is 0 Å². The summed E-state index contributed by atoms with van der Waals surface area (Å²) in [4.78, 5) is 0. The highest BCUT2D eigenvalue weighted by Gasteiger charge is 2.32. The van der Waals surface area contributed by atoms with Gasteiger partial charge in [-0.15, -0.1) is 0 Å². The quantitative estimate of drug-likeness (QED) is 0.704. The second kappa shape index (κ2) is 4.49. The molecule has 0 amide bonds. The molecule has 1 heterocycles. The predicted octanol–water partition coefficient (Wildman–Crippen LogP) is 3.15. The Balaban J connectivity index is 2.10. The summed E-state index contributed by atoms with van der Waals surface area (Å²) in [5.74, 6) is 0.221. The molecule has 2 rings (SSSR count). The van der Waals surface area contributed by atoms with Crippen LogP contribution in [-0.4, -0.2) is 12.4 Å². The molecule has 0 aliphatic carbocycles. The van der Waals surface area contributed by atoms with Crippen LogP contribution in [0, 0.1) is 0 Å². The molecule has 2 heteroatoms. The van der Waals surface area contributed by atoms with Gasteiger partial charge in [-0.3, -0.25) is 0 Å². The van der Waals surface area contributed by atoms with Crippen LogP contribution in [0.2, 0.25) is 0 Å². The minimum atomic E-state index is -0.612. The fourth-order valence-corrected chi connectivity index (χ4v) is 1.76. The molecule has 0 N–H and O–H groups in total. The van der Waals surface area contributed by atoms with Crippen molar-refractivity contribution in [1.82, 2.24) is 0 Å². The third-order valence-electron chi connectivity index (χ3n) is 2.61. The first-order valence-corrected chi connectivity index (χ1v) is 5.36. The Labute approximate surface area is 90.5 Å². The van der Waals surface area contributed by atoms with E-state index in [1.807, 2.05) is 30.3 Å². The van der Waals surface area contributed by atoms with Crippen molar-refractivity contribution in [3.63, 3.8) is 0 Å². The van der Waals surface area contributed by atoms with Gasteiger partial charge in [0.2, 0.25) is 5.79 Å².